The van der Waals surface area contributed by atoms with Crippen molar-refractivity contribution in [3.63, 3.8) is 0 Å². The molecule has 0 spiro atoms. The van der Waals surface area contributed by atoms with E-state index in [9.17, 15) is 13.8 Å². The van der Waals surface area contributed by atoms with E-state index in [0.717, 1.165) is 49.3 Å². The van der Waals surface area contributed by atoms with Crippen molar-refractivity contribution >= 4 is 38.8 Å². The highest BCUT2D eigenvalue weighted by atomic mass is 32.2. The fourth-order valence-corrected chi connectivity index (χ4v) is 6.90. The molecule has 2 heterocycles. The number of anilines is 2. The number of nitrogens with zero attached hydrogens (tertiary/aromatic N) is 2. The van der Waals surface area contributed by atoms with Crippen molar-refractivity contribution in [2.24, 2.45) is 0 Å². The summed E-state index contributed by atoms with van der Waals surface area (Å²) in [5, 5.41) is 5.95. The number of benzene rings is 3. The monoisotopic (exact) mass is 530 g/mol. The lowest BCUT2D eigenvalue weighted by Crippen LogP contribution is -2.37. The average molecular weight is 531 g/mol. The number of hydrogen-bond donors (Lipinski definition) is 2. The van der Waals surface area contributed by atoms with E-state index >= 15 is 0 Å². The van der Waals surface area contributed by atoms with Crippen LogP contribution in [-0.2, 0) is 29.2 Å². The Bertz CT molecular complexity index is 1470. The minimum atomic E-state index is -2.36. The van der Waals surface area contributed by atoms with Crippen molar-refractivity contribution in [2.75, 3.05) is 35.5 Å². The molecule has 0 bridgehead atoms. The summed E-state index contributed by atoms with van der Waals surface area (Å²) in [5.41, 5.74) is 5.97. The summed E-state index contributed by atoms with van der Waals surface area (Å²) in [6.07, 6.45) is 2.88. The van der Waals surface area contributed by atoms with Gasteiger partial charge in [-0.2, -0.15) is 0 Å². The predicted molar refractivity (Wildman–Crippen MR) is 155 cm³/mol. The van der Waals surface area contributed by atoms with E-state index in [1.54, 1.807) is 30.3 Å². The summed E-state index contributed by atoms with van der Waals surface area (Å²) in [4.78, 5) is 28.1. The molecule has 3 aromatic rings. The normalized spacial score (nSPS) is 19.4. The third-order valence-corrected chi connectivity index (χ3v) is 9.31. The molecular formula is C30H34N4O3S. The number of fused-ring (bicyclic) bond motifs is 1. The molecule has 3 aromatic carbocycles. The fraction of sp³-hybridized carbons (Fsp3) is 0.300. The van der Waals surface area contributed by atoms with Crippen LogP contribution < -0.4 is 14.9 Å². The predicted octanol–water partition coefficient (Wildman–Crippen LogP) is 4.09. The maximum absolute atomic E-state index is 13.0. The second-order valence-electron chi connectivity index (χ2n) is 10.1. The smallest absolute Gasteiger partial charge is 0.255 e. The largest absolute Gasteiger partial charge is 0.348 e. The molecule has 1 unspecified atom stereocenters. The number of carbonyl (C=O) groups is 2. The van der Waals surface area contributed by atoms with Crippen molar-refractivity contribution in [1.82, 2.24) is 10.2 Å². The van der Waals surface area contributed by atoms with E-state index in [0.29, 0.717) is 23.4 Å². The van der Waals surface area contributed by atoms with Crippen molar-refractivity contribution in [3.8, 4) is 0 Å². The van der Waals surface area contributed by atoms with Crippen LogP contribution in [0, 0.1) is 0 Å². The Kier molecular flexibility index (Phi) is 7.53. The Morgan fingerprint density at radius 3 is 2.53 bits per heavy atom. The summed E-state index contributed by atoms with van der Waals surface area (Å²) >= 11 is 0. The molecule has 0 aromatic heterocycles. The topological polar surface area (TPSA) is 81.8 Å². The first-order valence-electron chi connectivity index (χ1n) is 13.0. The van der Waals surface area contributed by atoms with Gasteiger partial charge in [-0.05, 0) is 91.3 Å². The van der Waals surface area contributed by atoms with Crippen LogP contribution in [-0.4, -0.2) is 52.7 Å². The third-order valence-electron chi connectivity index (χ3n) is 7.18. The van der Waals surface area contributed by atoms with Gasteiger partial charge in [0.2, 0.25) is 0 Å². The average Bonchev–Trinajstić information content (AvgIpc) is 2.91. The van der Waals surface area contributed by atoms with Crippen LogP contribution in [0.4, 0.5) is 11.4 Å². The lowest BCUT2D eigenvalue weighted by molar-refractivity contribution is 0.0950. The maximum atomic E-state index is 13.0. The zero-order valence-electron chi connectivity index (χ0n) is 21.7. The van der Waals surface area contributed by atoms with E-state index in [1.165, 1.54) is 11.1 Å². The number of likely N-dealkylation sites (N-methyl/N-ethyl adjacent to an activating group) is 1. The standard InChI is InChI=1S/C30H34N4O3S/c1-33-15-13-23-11-12-27(18-26(23)21-33)32-30(36)24-8-5-7-22(17-24)20-31-29(35)25-9-6-10-28(19-25)34-14-3-4-16-38(34,2)37/h5-12,17-19H,2-4,13-16,20-21H2,1H3,(H,31,35)(H,32,36). The second-order valence-corrected chi connectivity index (χ2v) is 12.5. The molecule has 8 heteroatoms. The molecule has 2 N–H and O–H groups in total. The summed E-state index contributed by atoms with van der Waals surface area (Å²) in [5.74, 6) is 4.08. The number of carbonyl (C=O) groups excluding carboxylic acids is 2. The van der Waals surface area contributed by atoms with Gasteiger partial charge < -0.3 is 15.5 Å². The van der Waals surface area contributed by atoms with Gasteiger partial charge in [0.05, 0.1) is 0 Å². The summed E-state index contributed by atoms with van der Waals surface area (Å²) in [7, 11) is -0.254. The highest BCUT2D eigenvalue weighted by molar-refractivity contribution is 8.01. The summed E-state index contributed by atoms with van der Waals surface area (Å²) in [6, 6.07) is 20.6. The molecule has 198 valence electrons. The van der Waals surface area contributed by atoms with Gasteiger partial charge in [0.1, 0.15) is 0 Å². The maximum Gasteiger partial charge on any atom is 0.255 e. The number of hydrogen-bond acceptors (Lipinski definition) is 4. The van der Waals surface area contributed by atoms with Gasteiger partial charge in [-0.25, -0.2) is 4.21 Å². The molecule has 2 aliphatic heterocycles. The number of amides is 2. The molecule has 0 radical (unpaired) electrons. The Hall–Kier alpha value is -3.62. The number of nitrogens with one attached hydrogen (secondary N) is 2. The highest BCUT2D eigenvalue weighted by Crippen LogP contribution is 2.25. The van der Waals surface area contributed by atoms with Gasteiger partial charge in [0.25, 0.3) is 11.8 Å². The first-order chi connectivity index (χ1) is 18.3. The van der Waals surface area contributed by atoms with Gasteiger partial charge in [-0.3, -0.25) is 13.9 Å². The molecule has 0 aliphatic carbocycles. The minimum absolute atomic E-state index is 0.187. The van der Waals surface area contributed by atoms with Gasteiger partial charge >= 0.3 is 0 Å². The minimum Gasteiger partial charge on any atom is -0.348 e. The molecule has 5 rings (SSSR count). The molecule has 0 saturated carbocycles. The Labute approximate surface area is 225 Å². The molecule has 1 fully saturated rings. The van der Waals surface area contributed by atoms with E-state index in [1.807, 2.05) is 28.6 Å². The first kappa shape index (κ1) is 26.0. The molecule has 38 heavy (non-hydrogen) atoms. The van der Waals surface area contributed by atoms with Crippen molar-refractivity contribution in [2.45, 2.75) is 32.4 Å². The van der Waals surface area contributed by atoms with Gasteiger partial charge in [-0.1, -0.05) is 24.3 Å². The molecule has 2 amide bonds. The lowest BCUT2D eigenvalue weighted by Gasteiger charge is -2.32. The van der Waals surface area contributed by atoms with Crippen LogP contribution in [0.15, 0.2) is 66.7 Å². The van der Waals surface area contributed by atoms with E-state index in [2.05, 4.69) is 40.6 Å². The van der Waals surface area contributed by atoms with Crippen LogP contribution >= 0.6 is 0 Å². The van der Waals surface area contributed by atoms with E-state index < -0.39 is 9.71 Å². The highest BCUT2D eigenvalue weighted by Gasteiger charge is 2.22. The Balaban J connectivity index is 1.22. The van der Waals surface area contributed by atoms with Crippen LogP contribution in [0.25, 0.3) is 0 Å². The second kappa shape index (κ2) is 11.0. The summed E-state index contributed by atoms with van der Waals surface area (Å²) in [6.45, 7) is 2.88. The molecular weight excluding hydrogens is 496 g/mol. The molecule has 2 aliphatic rings. The van der Waals surface area contributed by atoms with Gasteiger partial charge in [-0.15, -0.1) is 0 Å². The van der Waals surface area contributed by atoms with Crippen molar-refractivity contribution in [1.29, 1.82) is 0 Å². The quantitative estimate of drug-likeness (QED) is 0.471. The van der Waals surface area contributed by atoms with E-state index in [4.69, 9.17) is 0 Å². The first-order valence-corrected chi connectivity index (χ1v) is 14.9. The zero-order valence-corrected chi connectivity index (χ0v) is 22.6. The SMILES string of the molecule is C=S1(=O)CCCCN1c1cccc(C(=O)NCc2cccc(C(=O)Nc3ccc4c(c3)CN(C)CC4)c2)c1. The fourth-order valence-electron chi connectivity index (χ4n) is 5.07. The van der Waals surface area contributed by atoms with Crippen LogP contribution in [0.2, 0.25) is 0 Å². The third kappa shape index (κ3) is 5.92. The summed E-state index contributed by atoms with van der Waals surface area (Å²) < 4.78 is 14.7. The molecule has 7 nitrogen and oxygen atoms in total. The van der Waals surface area contributed by atoms with Crippen molar-refractivity contribution < 1.29 is 13.8 Å². The Morgan fingerprint density at radius 1 is 0.921 bits per heavy atom. The van der Waals surface area contributed by atoms with Gasteiger partial charge in [0, 0.05) is 64.1 Å². The van der Waals surface area contributed by atoms with Crippen LogP contribution in [0.1, 0.15) is 50.2 Å². The number of rotatable bonds is 6. The molecule has 1 saturated heterocycles. The molecule has 1 atom stereocenters. The van der Waals surface area contributed by atoms with Gasteiger partial charge in [0.15, 0.2) is 0 Å². The zero-order chi connectivity index (χ0) is 26.7. The van der Waals surface area contributed by atoms with Crippen molar-refractivity contribution in [3.05, 3.63) is 94.5 Å². The van der Waals surface area contributed by atoms with Crippen LogP contribution in [0.5, 0.6) is 0 Å². The lowest BCUT2D eigenvalue weighted by atomic mass is 9.99. The Morgan fingerprint density at radius 2 is 1.71 bits per heavy atom. The van der Waals surface area contributed by atoms with Crippen LogP contribution in [0.3, 0.4) is 0 Å². The van der Waals surface area contributed by atoms with E-state index in [-0.39, 0.29) is 18.4 Å².